The summed E-state index contributed by atoms with van der Waals surface area (Å²) in [5, 5.41) is 2.99. The Balaban J connectivity index is 2.91. The molecule has 5 heteroatoms. The third-order valence-corrected chi connectivity index (χ3v) is 2.54. The van der Waals surface area contributed by atoms with Gasteiger partial charge in [-0.2, -0.15) is 4.98 Å². The predicted molar refractivity (Wildman–Crippen MR) is 75.2 cm³/mol. The Labute approximate surface area is 110 Å². The zero-order valence-corrected chi connectivity index (χ0v) is 12.0. The first kappa shape index (κ1) is 14.7. The normalized spacial score (nSPS) is 10.8. The molecule has 0 aliphatic heterocycles. The lowest BCUT2D eigenvalue weighted by Crippen LogP contribution is -2.32. The first-order chi connectivity index (χ1) is 8.56. The number of aromatic nitrogens is 2. The minimum absolute atomic E-state index is 0.579. The van der Waals surface area contributed by atoms with Gasteiger partial charge in [-0.3, -0.25) is 0 Å². The van der Waals surface area contributed by atoms with E-state index in [2.05, 4.69) is 34.0 Å². The molecular weight excluding hydrogens is 228 g/mol. The molecule has 0 aromatic carbocycles. The van der Waals surface area contributed by atoms with Gasteiger partial charge >= 0.3 is 0 Å². The van der Waals surface area contributed by atoms with Crippen molar-refractivity contribution in [3.8, 4) is 0 Å². The summed E-state index contributed by atoms with van der Waals surface area (Å²) in [6.45, 7) is 8.89. The van der Waals surface area contributed by atoms with E-state index in [1.807, 2.05) is 20.0 Å². The van der Waals surface area contributed by atoms with Crippen LogP contribution in [0.1, 0.15) is 19.5 Å². The highest BCUT2D eigenvalue weighted by Gasteiger charge is 2.11. The van der Waals surface area contributed by atoms with Gasteiger partial charge in [0.05, 0.1) is 6.61 Å². The fourth-order valence-corrected chi connectivity index (χ4v) is 1.77. The first-order valence-electron chi connectivity index (χ1n) is 6.34. The van der Waals surface area contributed by atoms with Crippen molar-refractivity contribution >= 4 is 11.8 Å². The molecule has 0 amide bonds. The maximum Gasteiger partial charge on any atom is 0.224 e. The minimum Gasteiger partial charge on any atom is -0.383 e. The van der Waals surface area contributed by atoms with Crippen LogP contribution in [0, 0.1) is 12.8 Å². The van der Waals surface area contributed by atoms with Crippen molar-refractivity contribution in [3.05, 3.63) is 11.8 Å². The Morgan fingerprint density at radius 1 is 1.39 bits per heavy atom. The van der Waals surface area contributed by atoms with Crippen LogP contribution in [0.4, 0.5) is 11.8 Å². The minimum atomic E-state index is 0.579. The summed E-state index contributed by atoms with van der Waals surface area (Å²) >= 11 is 0. The highest BCUT2D eigenvalue weighted by molar-refractivity contribution is 5.44. The number of hydrogen-bond acceptors (Lipinski definition) is 5. The third kappa shape index (κ3) is 4.49. The van der Waals surface area contributed by atoms with E-state index in [9.17, 15) is 0 Å². The molecule has 18 heavy (non-hydrogen) atoms. The molecule has 0 atom stereocenters. The molecule has 102 valence electrons. The average molecular weight is 252 g/mol. The largest absolute Gasteiger partial charge is 0.383 e. The van der Waals surface area contributed by atoms with E-state index in [1.165, 1.54) is 0 Å². The van der Waals surface area contributed by atoms with Crippen LogP contribution in [0.3, 0.4) is 0 Å². The Morgan fingerprint density at radius 3 is 2.67 bits per heavy atom. The van der Waals surface area contributed by atoms with Gasteiger partial charge in [0.25, 0.3) is 0 Å². The molecule has 0 spiro atoms. The molecule has 0 aliphatic carbocycles. The number of ether oxygens (including phenoxy) is 1. The quantitative estimate of drug-likeness (QED) is 0.803. The van der Waals surface area contributed by atoms with Gasteiger partial charge in [0, 0.05) is 39.0 Å². The smallest absolute Gasteiger partial charge is 0.224 e. The van der Waals surface area contributed by atoms with Crippen LogP contribution < -0.4 is 10.2 Å². The van der Waals surface area contributed by atoms with Gasteiger partial charge in [-0.25, -0.2) is 4.98 Å². The van der Waals surface area contributed by atoms with E-state index in [4.69, 9.17) is 4.74 Å². The molecule has 1 aromatic rings. The lowest BCUT2D eigenvalue weighted by molar-refractivity contribution is 0.204. The van der Waals surface area contributed by atoms with Gasteiger partial charge in [0.1, 0.15) is 5.82 Å². The number of hydrogen-bond donors (Lipinski definition) is 1. The molecule has 0 saturated heterocycles. The molecule has 0 aliphatic rings. The standard InChI is InChI=1S/C13H24N4O/c1-10(2)9-17(6-7-18-5)12-8-11(3)15-13(14-4)16-12/h8,10H,6-7,9H2,1-5H3,(H,14,15,16). The summed E-state index contributed by atoms with van der Waals surface area (Å²) in [6.07, 6.45) is 0. The van der Waals surface area contributed by atoms with Crippen LogP contribution >= 0.6 is 0 Å². The van der Waals surface area contributed by atoms with Crippen LogP contribution in [0.15, 0.2) is 6.07 Å². The number of rotatable bonds is 7. The number of anilines is 2. The maximum atomic E-state index is 5.16. The molecule has 0 radical (unpaired) electrons. The van der Waals surface area contributed by atoms with Crippen molar-refractivity contribution in [1.82, 2.24) is 9.97 Å². The first-order valence-corrected chi connectivity index (χ1v) is 6.34. The molecule has 0 unspecified atom stereocenters. The zero-order chi connectivity index (χ0) is 13.5. The SMILES string of the molecule is CNc1nc(C)cc(N(CCOC)CC(C)C)n1. The van der Waals surface area contributed by atoms with Crippen LogP contribution in [-0.2, 0) is 4.74 Å². The fourth-order valence-electron chi connectivity index (χ4n) is 1.77. The van der Waals surface area contributed by atoms with Gasteiger partial charge in [0.15, 0.2) is 0 Å². The zero-order valence-electron chi connectivity index (χ0n) is 12.0. The van der Waals surface area contributed by atoms with Gasteiger partial charge in [-0.15, -0.1) is 0 Å². The Hall–Kier alpha value is -1.36. The highest BCUT2D eigenvalue weighted by Crippen LogP contribution is 2.16. The summed E-state index contributed by atoms with van der Waals surface area (Å²) < 4.78 is 5.16. The number of aryl methyl sites for hydroxylation is 1. The van der Waals surface area contributed by atoms with Gasteiger partial charge in [-0.05, 0) is 12.8 Å². The van der Waals surface area contributed by atoms with Crippen LogP contribution in [0.5, 0.6) is 0 Å². The molecule has 0 saturated carbocycles. The summed E-state index contributed by atoms with van der Waals surface area (Å²) in [5.41, 5.74) is 0.968. The second-order valence-electron chi connectivity index (χ2n) is 4.77. The molecule has 1 rings (SSSR count). The van der Waals surface area contributed by atoms with E-state index in [1.54, 1.807) is 7.11 Å². The molecule has 0 bridgehead atoms. The molecule has 1 aromatic heterocycles. The van der Waals surface area contributed by atoms with E-state index >= 15 is 0 Å². The van der Waals surface area contributed by atoms with Gasteiger partial charge in [0.2, 0.25) is 5.95 Å². The predicted octanol–water partition coefficient (Wildman–Crippen LogP) is 1.94. The summed E-state index contributed by atoms with van der Waals surface area (Å²) in [6, 6.07) is 2.01. The Bertz CT molecular complexity index is 368. The van der Waals surface area contributed by atoms with E-state index in [0.717, 1.165) is 24.6 Å². The highest BCUT2D eigenvalue weighted by atomic mass is 16.5. The second-order valence-corrected chi connectivity index (χ2v) is 4.77. The summed E-state index contributed by atoms with van der Waals surface area (Å²) in [4.78, 5) is 11.1. The van der Waals surface area contributed by atoms with Crippen LogP contribution in [0.25, 0.3) is 0 Å². The van der Waals surface area contributed by atoms with Crippen molar-refractivity contribution in [2.45, 2.75) is 20.8 Å². The second kappa shape index (κ2) is 7.16. The summed E-state index contributed by atoms with van der Waals surface area (Å²) in [7, 11) is 3.55. The Morgan fingerprint density at radius 2 is 2.11 bits per heavy atom. The van der Waals surface area contributed by atoms with E-state index in [0.29, 0.717) is 18.5 Å². The molecule has 0 fully saturated rings. The molecular formula is C13H24N4O. The number of methoxy groups -OCH3 is 1. The van der Waals surface area contributed by atoms with Crippen molar-refractivity contribution in [1.29, 1.82) is 0 Å². The third-order valence-electron chi connectivity index (χ3n) is 2.54. The topological polar surface area (TPSA) is 50.3 Å². The monoisotopic (exact) mass is 252 g/mol. The van der Waals surface area contributed by atoms with Crippen LogP contribution in [0.2, 0.25) is 0 Å². The van der Waals surface area contributed by atoms with E-state index in [-0.39, 0.29) is 0 Å². The number of nitrogens with zero attached hydrogens (tertiary/aromatic N) is 3. The van der Waals surface area contributed by atoms with Gasteiger partial charge < -0.3 is 15.0 Å². The van der Waals surface area contributed by atoms with Crippen molar-refractivity contribution < 1.29 is 4.74 Å². The van der Waals surface area contributed by atoms with Crippen molar-refractivity contribution in [2.75, 3.05) is 44.1 Å². The van der Waals surface area contributed by atoms with Crippen LogP contribution in [-0.4, -0.2) is 43.8 Å². The maximum absolute atomic E-state index is 5.16. The summed E-state index contributed by atoms with van der Waals surface area (Å²) in [5.74, 6) is 2.20. The van der Waals surface area contributed by atoms with Crippen molar-refractivity contribution in [2.24, 2.45) is 5.92 Å². The van der Waals surface area contributed by atoms with Gasteiger partial charge in [-0.1, -0.05) is 13.8 Å². The molecule has 1 N–H and O–H groups in total. The number of nitrogens with one attached hydrogen (secondary N) is 1. The van der Waals surface area contributed by atoms with Crippen molar-refractivity contribution in [3.63, 3.8) is 0 Å². The lowest BCUT2D eigenvalue weighted by atomic mass is 10.2. The average Bonchev–Trinajstić information content (AvgIpc) is 2.33. The molecule has 1 heterocycles. The molecule has 5 nitrogen and oxygen atoms in total. The van der Waals surface area contributed by atoms with E-state index < -0.39 is 0 Å². The Kier molecular flexibility index (Phi) is 5.85. The lowest BCUT2D eigenvalue weighted by Gasteiger charge is -2.25. The fraction of sp³-hybridized carbons (Fsp3) is 0.692.